The molecule has 5 heterocycles. The van der Waals surface area contributed by atoms with Gasteiger partial charge in [-0.25, -0.2) is 0 Å². The molecule has 5 nitrogen and oxygen atoms in total. The molecular formula is C38H20BN3O2. The average Bonchev–Trinajstić information content (AvgIpc) is 3.08. The van der Waals surface area contributed by atoms with Gasteiger partial charge in [0.1, 0.15) is 0 Å². The molecule has 11 rings (SSSR count). The van der Waals surface area contributed by atoms with Crippen LogP contribution in [-0.2, 0) is 0 Å². The third kappa shape index (κ3) is 2.41. The number of pyridine rings is 2. The molecule has 6 aromatic carbocycles. The van der Waals surface area contributed by atoms with Gasteiger partial charge in [0.2, 0.25) is 0 Å². The number of anilines is 3. The van der Waals surface area contributed by atoms with Crippen molar-refractivity contribution in [1.82, 2.24) is 9.13 Å². The fourth-order valence-corrected chi connectivity index (χ4v) is 8.43. The number of nitrogens with zero attached hydrogens (tertiary/aromatic N) is 3. The van der Waals surface area contributed by atoms with E-state index in [-0.39, 0.29) is 17.8 Å². The molecule has 0 atom stereocenters. The van der Waals surface area contributed by atoms with Crippen LogP contribution < -0.4 is 32.4 Å². The Morgan fingerprint density at radius 1 is 0.409 bits per heavy atom. The first kappa shape index (κ1) is 22.7. The first-order valence-corrected chi connectivity index (χ1v) is 14.9. The Hall–Kier alpha value is -5.88. The second-order valence-corrected chi connectivity index (χ2v) is 12.0. The molecule has 0 spiro atoms. The second-order valence-electron chi connectivity index (χ2n) is 12.0. The molecule has 0 saturated carbocycles. The van der Waals surface area contributed by atoms with E-state index in [0.717, 1.165) is 77.4 Å². The lowest BCUT2D eigenvalue weighted by molar-refractivity contribution is 1.04. The van der Waals surface area contributed by atoms with Crippen LogP contribution in [0.3, 0.4) is 0 Å². The number of hydrogen-bond acceptors (Lipinski definition) is 3. The highest BCUT2D eigenvalue weighted by Crippen LogP contribution is 2.43. The van der Waals surface area contributed by atoms with Crippen LogP contribution in [0, 0.1) is 0 Å². The summed E-state index contributed by atoms with van der Waals surface area (Å²) in [5.41, 5.74) is 9.88. The molecular weight excluding hydrogens is 541 g/mol. The van der Waals surface area contributed by atoms with E-state index >= 15 is 0 Å². The highest BCUT2D eigenvalue weighted by Gasteiger charge is 2.47. The summed E-state index contributed by atoms with van der Waals surface area (Å²) in [5, 5.41) is 5.30. The lowest BCUT2D eigenvalue weighted by Crippen LogP contribution is -2.64. The fourth-order valence-electron chi connectivity index (χ4n) is 8.43. The maximum absolute atomic E-state index is 14.6. The smallest absolute Gasteiger partial charge is 0.263 e. The van der Waals surface area contributed by atoms with Crippen LogP contribution in [0.15, 0.2) is 131 Å². The van der Waals surface area contributed by atoms with Gasteiger partial charge in [-0.3, -0.25) is 18.7 Å². The molecule has 8 aromatic rings. The quantitative estimate of drug-likeness (QED) is 0.151. The zero-order valence-corrected chi connectivity index (χ0v) is 23.3. The van der Waals surface area contributed by atoms with Gasteiger partial charge in [0.05, 0.1) is 11.0 Å². The second kappa shape index (κ2) is 7.55. The van der Waals surface area contributed by atoms with Crippen LogP contribution in [0.4, 0.5) is 17.1 Å². The van der Waals surface area contributed by atoms with Gasteiger partial charge in [0.15, 0.2) is 0 Å². The Morgan fingerprint density at radius 3 is 1.39 bits per heavy atom. The molecule has 0 unspecified atom stereocenters. The molecule has 0 saturated heterocycles. The number of hydrogen-bond donors (Lipinski definition) is 0. The summed E-state index contributed by atoms with van der Waals surface area (Å²) in [6.07, 6.45) is 0. The Bertz CT molecular complexity index is 2610. The van der Waals surface area contributed by atoms with Gasteiger partial charge >= 0.3 is 0 Å². The van der Waals surface area contributed by atoms with Gasteiger partial charge in [-0.15, -0.1) is 0 Å². The molecule has 0 N–H and O–H groups in total. The molecule has 0 bridgehead atoms. The lowest BCUT2D eigenvalue weighted by atomic mass is 9.32. The summed E-state index contributed by atoms with van der Waals surface area (Å²) in [4.78, 5) is 31.4. The number of fused-ring (bicyclic) bond motifs is 6. The zero-order valence-electron chi connectivity index (χ0n) is 23.3. The average molecular weight is 561 g/mol. The molecule has 0 radical (unpaired) electrons. The van der Waals surface area contributed by atoms with E-state index in [0.29, 0.717) is 10.8 Å². The van der Waals surface area contributed by atoms with E-state index in [1.165, 1.54) is 0 Å². The normalized spacial score (nSPS) is 13.5. The van der Waals surface area contributed by atoms with Crippen molar-refractivity contribution >= 4 is 83.5 Å². The number of aromatic nitrogens is 2. The first-order chi connectivity index (χ1) is 21.7. The van der Waals surface area contributed by atoms with Gasteiger partial charge < -0.3 is 4.90 Å². The number of benzene rings is 6. The van der Waals surface area contributed by atoms with E-state index in [1.54, 1.807) is 0 Å². The summed E-state index contributed by atoms with van der Waals surface area (Å²) >= 11 is 0. The summed E-state index contributed by atoms with van der Waals surface area (Å²) in [6.45, 7) is -0.139. The number of para-hydroxylation sites is 1. The minimum atomic E-state index is -0.139. The maximum atomic E-state index is 14.6. The van der Waals surface area contributed by atoms with E-state index in [4.69, 9.17) is 0 Å². The molecule has 3 aliphatic rings. The fraction of sp³-hybridized carbons (Fsp3) is 0. The van der Waals surface area contributed by atoms with Gasteiger partial charge in [-0.2, -0.15) is 0 Å². The third-order valence-electron chi connectivity index (χ3n) is 10.0. The van der Waals surface area contributed by atoms with Crippen LogP contribution in [0.2, 0.25) is 0 Å². The lowest BCUT2D eigenvalue weighted by Gasteiger charge is -2.43. The highest BCUT2D eigenvalue weighted by atomic mass is 16.1. The minimum absolute atomic E-state index is 0.0406. The Morgan fingerprint density at radius 2 is 0.864 bits per heavy atom. The predicted octanol–water partition coefficient (Wildman–Crippen LogP) is 5.53. The highest BCUT2D eigenvalue weighted by molar-refractivity contribution is 7.02. The van der Waals surface area contributed by atoms with Crippen LogP contribution in [0.5, 0.6) is 0 Å². The molecule has 0 amide bonds. The monoisotopic (exact) mass is 561 g/mol. The molecule has 6 heteroatoms. The van der Waals surface area contributed by atoms with Gasteiger partial charge in [0, 0.05) is 50.0 Å². The molecule has 3 aliphatic heterocycles. The summed E-state index contributed by atoms with van der Waals surface area (Å²) in [5.74, 6) is 0. The Kier molecular flexibility index (Phi) is 3.89. The predicted molar refractivity (Wildman–Crippen MR) is 181 cm³/mol. The van der Waals surface area contributed by atoms with E-state index in [9.17, 15) is 9.59 Å². The van der Waals surface area contributed by atoms with Crippen LogP contribution in [0.1, 0.15) is 0 Å². The van der Waals surface area contributed by atoms with Crippen molar-refractivity contribution in [2.75, 3.05) is 4.90 Å². The van der Waals surface area contributed by atoms with Crippen molar-refractivity contribution in [3.05, 3.63) is 142 Å². The van der Waals surface area contributed by atoms with E-state index in [1.807, 2.05) is 63.7 Å². The van der Waals surface area contributed by atoms with Crippen molar-refractivity contribution in [2.24, 2.45) is 0 Å². The van der Waals surface area contributed by atoms with Crippen molar-refractivity contribution < 1.29 is 0 Å². The van der Waals surface area contributed by atoms with E-state index < -0.39 is 0 Å². The van der Waals surface area contributed by atoms with Crippen molar-refractivity contribution in [1.29, 1.82) is 0 Å². The molecule has 2 aromatic heterocycles. The standard InChI is InChI=1S/C38H20BN3O2/c43-37-24-14-6-4-12-22(24)26-20-27-23-13-5-7-15-25(23)38(44)42-31-19-9-17-29-33(31)39-32-28(40(29)21-10-2-1-3-11-21)16-8-18-30(32)41(37)35(26)34(39)36(27)42/h1-20H. The summed E-state index contributed by atoms with van der Waals surface area (Å²) in [7, 11) is 0. The molecule has 202 valence electrons. The topological polar surface area (TPSA) is 47.2 Å². The minimum Gasteiger partial charge on any atom is -0.311 e. The van der Waals surface area contributed by atoms with E-state index in [2.05, 4.69) is 71.6 Å². The largest absolute Gasteiger partial charge is 0.311 e. The first-order valence-electron chi connectivity index (χ1n) is 14.9. The van der Waals surface area contributed by atoms with Gasteiger partial charge in [-0.1, -0.05) is 66.7 Å². The summed E-state index contributed by atoms with van der Waals surface area (Å²) in [6, 6.07) is 41.0. The Labute approximate surface area is 250 Å². The third-order valence-corrected chi connectivity index (χ3v) is 10.0. The van der Waals surface area contributed by atoms with Gasteiger partial charge in [0.25, 0.3) is 17.8 Å². The Balaban J connectivity index is 1.50. The zero-order chi connectivity index (χ0) is 28.8. The summed E-state index contributed by atoms with van der Waals surface area (Å²) < 4.78 is 3.85. The molecule has 44 heavy (non-hydrogen) atoms. The SMILES string of the molecule is O=c1c2ccccc2c2cc3c4ccccc4c(=O)n4c3c3c2n1-c1cccc2c1B3c1c(cccc1-4)N2c1ccccc1. The maximum Gasteiger partial charge on any atom is 0.263 e. The van der Waals surface area contributed by atoms with Crippen LogP contribution in [-0.4, -0.2) is 15.8 Å². The molecule has 0 fully saturated rings. The van der Waals surface area contributed by atoms with Gasteiger partial charge in [-0.05, 0) is 81.8 Å². The van der Waals surface area contributed by atoms with Crippen molar-refractivity contribution in [3.8, 4) is 11.4 Å². The van der Waals surface area contributed by atoms with Crippen LogP contribution >= 0.6 is 0 Å². The van der Waals surface area contributed by atoms with Crippen LogP contribution in [0.25, 0.3) is 54.7 Å². The van der Waals surface area contributed by atoms with Crippen molar-refractivity contribution in [3.63, 3.8) is 0 Å². The number of rotatable bonds is 1. The molecule has 0 aliphatic carbocycles. The van der Waals surface area contributed by atoms with Crippen molar-refractivity contribution in [2.45, 2.75) is 0 Å².